The molecule has 0 spiro atoms. The molecule has 0 saturated carbocycles. The first-order valence-corrected chi connectivity index (χ1v) is 8.68. The number of benzene rings is 2. The molecule has 1 aliphatic heterocycles. The Morgan fingerprint density at radius 2 is 1.83 bits per heavy atom. The van der Waals surface area contributed by atoms with Crippen molar-refractivity contribution in [2.75, 3.05) is 31.5 Å². The van der Waals surface area contributed by atoms with E-state index in [1.807, 2.05) is 18.2 Å². The molecule has 0 amide bonds. The molecule has 126 valence electrons. The second-order valence-corrected chi connectivity index (χ2v) is 6.63. The summed E-state index contributed by atoms with van der Waals surface area (Å²) in [7, 11) is 0. The van der Waals surface area contributed by atoms with Crippen molar-refractivity contribution in [1.29, 1.82) is 0 Å². The van der Waals surface area contributed by atoms with Gasteiger partial charge in [-0.05, 0) is 42.0 Å². The molecule has 1 N–H and O–H groups in total. The molecule has 0 aliphatic carbocycles. The van der Waals surface area contributed by atoms with E-state index >= 15 is 0 Å². The number of rotatable bonds is 3. The van der Waals surface area contributed by atoms with Crippen LogP contribution in [0.15, 0.2) is 48.5 Å². The molecule has 2 aromatic carbocycles. The van der Waals surface area contributed by atoms with Gasteiger partial charge in [0.1, 0.15) is 5.82 Å². The Bertz CT molecular complexity index is 717. The lowest BCUT2D eigenvalue weighted by atomic mass is 10.2. The van der Waals surface area contributed by atoms with Crippen LogP contribution in [0.1, 0.15) is 5.56 Å². The van der Waals surface area contributed by atoms with Crippen molar-refractivity contribution in [3.8, 4) is 0 Å². The zero-order valence-electron chi connectivity index (χ0n) is 13.2. The number of hydrogen-bond acceptors (Lipinski definition) is 2. The first kappa shape index (κ1) is 17.1. The number of nitrogens with one attached hydrogen (secondary N) is 1. The Labute approximate surface area is 152 Å². The maximum absolute atomic E-state index is 13.7. The summed E-state index contributed by atoms with van der Waals surface area (Å²) in [5, 5.41) is 4.34. The predicted octanol–water partition coefficient (Wildman–Crippen LogP) is 3.99. The SMILES string of the molecule is Fc1ccccc1NC(=S)N1CCN(Cc2cccc(Cl)c2)CC1. The maximum Gasteiger partial charge on any atom is 0.173 e. The third-order valence-electron chi connectivity index (χ3n) is 4.07. The van der Waals surface area contributed by atoms with Crippen LogP contribution in [0.4, 0.5) is 10.1 Å². The minimum Gasteiger partial charge on any atom is -0.346 e. The van der Waals surface area contributed by atoms with Crippen molar-refractivity contribution in [3.63, 3.8) is 0 Å². The maximum atomic E-state index is 13.7. The molecule has 0 atom stereocenters. The monoisotopic (exact) mass is 363 g/mol. The minimum absolute atomic E-state index is 0.292. The molecule has 1 saturated heterocycles. The van der Waals surface area contributed by atoms with Gasteiger partial charge in [0.25, 0.3) is 0 Å². The number of thiocarbonyl (C=S) groups is 1. The zero-order valence-corrected chi connectivity index (χ0v) is 14.8. The number of anilines is 1. The molecule has 3 nitrogen and oxygen atoms in total. The van der Waals surface area contributed by atoms with E-state index in [-0.39, 0.29) is 5.82 Å². The van der Waals surface area contributed by atoms with Crippen LogP contribution < -0.4 is 5.32 Å². The highest BCUT2D eigenvalue weighted by atomic mass is 35.5. The Morgan fingerprint density at radius 3 is 2.54 bits per heavy atom. The fourth-order valence-corrected chi connectivity index (χ4v) is 3.26. The van der Waals surface area contributed by atoms with Crippen LogP contribution in [0, 0.1) is 5.82 Å². The predicted molar refractivity (Wildman–Crippen MR) is 101 cm³/mol. The van der Waals surface area contributed by atoms with Gasteiger partial charge in [0, 0.05) is 37.7 Å². The van der Waals surface area contributed by atoms with Crippen LogP contribution in [-0.4, -0.2) is 41.1 Å². The standard InChI is InChI=1S/C18H19ClFN3S/c19-15-5-3-4-14(12-15)13-22-8-10-23(11-9-22)18(24)21-17-7-2-1-6-16(17)20/h1-7,12H,8-11,13H2,(H,21,24). The van der Waals surface area contributed by atoms with Gasteiger partial charge in [0.05, 0.1) is 5.69 Å². The zero-order chi connectivity index (χ0) is 16.9. The number of hydrogen-bond donors (Lipinski definition) is 1. The van der Waals surface area contributed by atoms with Gasteiger partial charge in [0.2, 0.25) is 0 Å². The number of para-hydroxylation sites is 1. The third kappa shape index (κ3) is 4.44. The van der Waals surface area contributed by atoms with Gasteiger partial charge in [-0.2, -0.15) is 0 Å². The minimum atomic E-state index is -0.292. The fourth-order valence-electron chi connectivity index (χ4n) is 2.76. The highest BCUT2D eigenvalue weighted by Crippen LogP contribution is 2.16. The van der Waals surface area contributed by atoms with Crippen LogP contribution in [-0.2, 0) is 6.54 Å². The lowest BCUT2D eigenvalue weighted by molar-refractivity contribution is 0.177. The molecule has 1 heterocycles. The third-order valence-corrected chi connectivity index (χ3v) is 4.67. The van der Waals surface area contributed by atoms with Crippen molar-refractivity contribution in [2.24, 2.45) is 0 Å². The Morgan fingerprint density at radius 1 is 1.08 bits per heavy atom. The smallest absolute Gasteiger partial charge is 0.173 e. The van der Waals surface area contributed by atoms with Crippen molar-refractivity contribution < 1.29 is 4.39 Å². The van der Waals surface area contributed by atoms with E-state index in [4.69, 9.17) is 23.8 Å². The fraction of sp³-hybridized carbons (Fsp3) is 0.278. The average molecular weight is 364 g/mol. The van der Waals surface area contributed by atoms with Crippen molar-refractivity contribution in [2.45, 2.75) is 6.54 Å². The largest absolute Gasteiger partial charge is 0.346 e. The normalized spacial score (nSPS) is 15.3. The van der Waals surface area contributed by atoms with Gasteiger partial charge in [-0.15, -0.1) is 0 Å². The molecule has 1 aliphatic rings. The van der Waals surface area contributed by atoms with Crippen LogP contribution in [0.25, 0.3) is 0 Å². The lowest BCUT2D eigenvalue weighted by Crippen LogP contribution is -2.49. The van der Waals surface area contributed by atoms with E-state index in [9.17, 15) is 4.39 Å². The highest BCUT2D eigenvalue weighted by molar-refractivity contribution is 7.80. The van der Waals surface area contributed by atoms with Crippen LogP contribution in [0.5, 0.6) is 0 Å². The van der Waals surface area contributed by atoms with Crippen LogP contribution >= 0.6 is 23.8 Å². The van der Waals surface area contributed by atoms with Gasteiger partial charge in [-0.1, -0.05) is 35.9 Å². The second-order valence-electron chi connectivity index (χ2n) is 5.80. The molecule has 24 heavy (non-hydrogen) atoms. The number of halogens is 2. The summed E-state index contributed by atoms with van der Waals surface area (Å²) in [4.78, 5) is 4.45. The van der Waals surface area contributed by atoms with Crippen molar-refractivity contribution in [3.05, 3.63) is 64.9 Å². The topological polar surface area (TPSA) is 18.5 Å². The summed E-state index contributed by atoms with van der Waals surface area (Å²) in [6.07, 6.45) is 0. The lowest BCUT2D eigenvalue weighted by Gasteiger charge is -2.36. The molecule has 0 aromatic heterocycles. The quantitative estimate of drug-likeness (QED) is 0.830. The second kappa shape index (κ2) is 7.92. The summed E-state index contributed by atoms with van der Waals surface area (Å²) >= 11 is 11.4. The average Bonchev–Trinajstić information content (AvgIpc) is 2.57. The van der Waals surface area contributed by atoms with E-state index in [1.165, 1.54) is 11.6 Å². The van der Waals surface area contributed by atoms with E-state index < -0.39 is 0 Å². The summed E-state index contributed by atoms with van der Waals surface area (Å²) in [6, 6.07) is 14.5. The van der Waals surface area contributed by atoms with E-state index in [1.54, 1.807) is 18.2 Å². The van der Waals surface area contributed by atoms with Crippen LogP contribution in [0.3, 0.4) is 0 Å². The molecule has 0 unspecified atom stereocenters. The molecule has 6 heteroatoms. The molecule has 0 radical (unpaired) electrons. The Hall–Kier alpha value is -1.69. The van der Waals surface area contributed by atoms with Gasteiger partial charge >= 0.3 is 0 Å². The van der Waals surface area contributed by atoms with Crippen molar-refractivity contribution in [1.82, 2.24) is 9.80 Å². The molecule has 2 aromatic rings. The first-order chi connectivity index (χ1) is 11.6. The summed E-state index contributed by atoms with van der Waals surface area (Å²) in [5.74, 6) is -0.292. The van der Waals surface area contributed by atoms with Gasteiger partial charge < -0.3 is 10.2 Å². The Kier molecular flexibility index (Phi) is 5.66. The molecule has 3 rings (SSSR count). The summed E-state index contributed by atoms with van der Waals surface area (Å²) in [6.45, 7) is 4.33. The van der Waals surface area contributed by atoms with Crippen LogP contribution in [0.2, 0.25) is 5.02 Å². The highest BCUT2D eigenvalue weighted by Gasteiger charge is 2.19. The van der Waals surface area contributed by atoms with E-state index in [0.29, 0.717) is 10.8 Å². The summed E-state index contributed by atoms with van der Waals surface area (Å²) in [5.41, 5.74) is 1.63. The summed E-state index contributed by atoms with van der Waals surface area (Å²) < 4.78 is 13.7. The van der Waals surface area contributed by atoms with Gasteiger partial charge in [0.15, 0.2) is 5.11 Å². The first-order valence-electron chi connectivity index (χ1n) is 7.89. The number of nitrogens with zero attached hydrogens (tertiary/aromatic N) is 2. The molecular weight excluding hydrogens is 345 g/mol. The molecular formula is C18H19ClFN3S. The van der Waals surface area contributed by atoms with E-state index in [2.05, 4.69) is 21.2 Å². The molecule has 1 fully saturated rings. The molecule has 0 bridgehead atoms. The van der Waals surface area contributed by atoms with E-state index in [0.717, 1.165) is 37.7 Å². The van der Waals surface area contributed by atoms with Gasteiger partial charge in [-0.3, -0.25) is 4.90 Å². The van der Waals surface area contributed by atoms with Crippen molar-refractivity contribution >= 4 is 34.6 Å². The Balaban J connectivity index is 1.51. The van der Waals surface area contributed by atoms with Gasteiger partial charge in [-0.25, -0.2) is 4.39 Å². The number of piperazine rings is 1.